The van der Waals surface area contributed by atoms with Crippen LogP contribution in [-0.2, 0) is 17.1 Å². The molecule has 0 aliphatic heterocycles. The highest BCUT2D eigenvalue weighted by molar-refractivity contribution is 6.37. The number of methoxy groups -OCH3 is 1. The fraction of sp³-hybridized carbons (Fsp3) is 0.138. The molecule has 0 aromatic heterocycles. The number of hydrogen-bond acceptors (Lipinski definition) is 4. The van der Waals surface area contributed by atoms with Crippen molar-refractivity contribution in [3.05, 3.63) is 100 Å². The zero-order chi connectivity index (χ0) is 30.8. The Labute approximate surface area is 245 Å². The molecule has 0 fully saturated rings. The van der Waals surface area contributed by atoms with E-state index >= 15 is 0 Å². The Balaban J connectivity index is 1.77. The molecule has 0 saturated heterocycles. The molecule has 13 heteroatoms. The van der Waals surface area contributed by atoms with Crippen LogP contribution in [0.15, 0.2) is 78.9 Å². The Morgan fingerprint density at radius 1 is 0.810 bits per heavy atom. The van der Waals surface area contributed by atoms with Gasteiger partial charge in [0.25, 0.3) is 0 Å². The average molecular weight is 630 g/mol. The maximum atomic E-state index is 13.5. The van der Waals surface area contributed by atoms with Crippen LogP contribution in [0.3, 0.4) is 0 Å². The van der Waals surface area contributed by atoms with Crippen molar-refractivity contribution in [3.63, 3.8) is 0 Å². The lowest BCUT2D eigenvalue weighted by atomic mass is 10.0. The summed E-state index contributed by atoms with van der Waals surface area (Å²) in [6.45, 7) is -1.01. The van der Waals surface area contributed by atoms with Gasteiger partial charge in [0.2, 0.25) is 0 Å². The smallest absolute Gasteiger partial charge is 0.416 e. The Morgan fingerprint density at radius 2 is 1.36 bits per heavy atom. The van der Waals surface area contributed by atoms with Crippen LogP contribution in [0, 0.1) is 0 Å². The first-order valence-corrected chi connectivity index (χ1v) is 12.6. The SMILES string of the molecule is COc1ccc(Oc2c(Cl)cc(N(CC(=O)O)c3cc(C(F)(F)F)cc(C(F)(F)F)c3)cc2Cl)cc1-c1ccccc1. The molecule has 4 aromatic rings. The summed E-state index contributed by atoms with van der Waals surface area (Å²) < 4.78 is 92.1. The highest BCUT2D eigenvalue weighted by Crippen LogP contribution is 2.44. The third kappa shape index (κ3) is 7.03. The molecule has 0 spiro atoms. The first-order chi connectivity index (χ1) is 19.7. The Morgan fingerprint density at radius 3 is 1.86 bits per heavy atom. The van der Waals surface area contributed by atoms with E-state index < -0.39 is 41.7 Å². The number of carboxylic acids is 1. The van der Waals surface area contributed by atoms with Crippen LogP contribution >= 0.6 is 23.2 Å². The van der Waals surface area contributed by atoms with Crippen molar-refractivity contribution in [1.29, 1.82) is 0 Å². The summed E-state index contributed by atoms with van der Waals surface area (Å²) in [6.07, 6.45) is -10.3. The number of aliphatic carboxylic acids is 1. The van der Waals surface area contributed by atoms with Crippen molar-refractivity contribution >= 4 is 40.5 Å². The maximum absolute atomic E-state index is 13.5. The number of rotatable bonds is 8. The number of alkyl halides is 6. The van der Waals surface area contributed by atoms with Gasteiger partial charge in [-0.15, -0.1) is 0 Å². The average Bonchev–Trinajstić information content (AvgIpc) is 2.92. The monoisotopic (exact) mass is 629 g/mol. The standard InChI is InChI=1S/C29H19Cl2F6NO4/c1-41-25-8-7-21(14-22(25)16-5-3-2-4-6-16)42-27-23(30)12-20(13-24(27)31)38(15-26(39)40)19-10-17(28(32,33)34)9-18(11-19)29(35,36)37/h2-14H,15H2,1H3,(H,39,40). The second-order valence-corrected chi connectivity index (χ2v) is 9.63. The Kier molecular flexibility index (Phi) is 8.84. The molecule has 5 nitrogen and oxygen atoms in total. The molecular weight excluding hydrogens is 611 g/mol. The number of ether oxygens (including phenoxy) is 2. The number of carbonyl (C=O) groups is 1. The second-order valence-electron chi connectivity index (χ2n) is 8.81. The van der Waals surface area contributed by atoms with E-state index in [1.807, 2.05) is 30.3 Å². The minimum atomic E-state index is -5.14. The predicted octanol–water partition coefficient (Wildman–Crippen LogP) is 9.72. The van der Waals surface area contributed by atoms with Crippen LogP contribution < -0.4 is 14.4 Å². The minimum absolute atomic E-state index is 0.0576. The number of nitrogens with zero attached hydrogens (tertiary/aromatic N) is 1. The van der Waals surface area contributed by atoms with E-state index in [9.17, 15) is 36.2 Å². The fourth-order valence-electron chi connectivity index (χ4n) is 4.07. The number of anilines is 2. The fourth-order valence-corrected chi connectivity index (χ4v) is 4.63. The first-order valence-electron chi connectivity index (χ1n) is 11.9. The summed E-state index contributed by atoms with van der Waals surface area (Å²) in [4.78, 5) is 12.3. The van der Waals surface area contributed by atoms with Gasteiger partial charge >= 0.3 is 18.3 Å². The van der Waals surface area contributed by atoms with Gasteiger partial charge in [-0.1, -0.05) is 53.5 Å². The summed E-state index contributed by atoms with van der Waals surface area (Å²) in [5.41, 5.74) is -2.62. The molecule has 0 aliphatic carbocycles. The van der Waals surface area contributed by atoms with E-state index in [1.54, 1.807) is 18.2 Å². The van der Waals surface area contributed by atoms with Crippen molar-refractivity contribution in [2.75, 3.05) is 18.6 Å². The van der Waals surface area contributed by atoms with Crippen LogP contribution in [0.1, 0.15) is 11.1 Å². The normalized spacial score (nSPS) is 11.7. The van der Waals surface area contributed by atoms with Gasteiger partial charge in [-0.3, -0.25) is 4.79 Å². The van der Waals surface area contributed by atoms with Crippen LogP contribution in [0.25, 0.3) is 11.1 Å². The molecule has 0 saturated carbocycles. The minimum Gasteiger partial charge on any atom is -0.496 e. The van der Waals surface area contributed by atoms with E-state index in [0.717, 1.165) is 22.6 Å². The third-order valence-electron chi connectivity index (χ3n) is 5.95. The molecule has 0 bridgehead atoms. The molecular formula is C29H19Cl2F6NO4. The highest BCUT2D eigenvalue weighted by atomic mass is 35.5. The van der Waals surface area contributed by atoms with Gasteiger partial charge in [-0.05, 0) is 54.1 Å². The van der Waals surface area contributed by atoms with E-state index in [0.29, 0.717) is 23.4 Å². The summed E-state index contributed by atoms with van der Waals surface area (Å²) in [6, 6.07) is 17.1. The number of halogens is 8. The summed E-state index contributed by atoms with van der Waals surface area (Å²) in [5.74, 6) is -0.798. The summed E-state index contributed by atoms with van der Waals surface area (Å²) >= 11 is 12.8. The summed E-state index contributed by atoms with van der Waals surface area (Å²) in [7, 11) is 1.50. The van der Waals surface area contributed by atoms with Gasteiger partial charge in [0.1, 0.15) is 18.0 Å². The van der Waals surface area contributed by atoms with Gasteiger partial charge in [0.05, 0.1) is 28.3 Å². The van der Waals surface area contributed by atoms with Crippen molar-refractivity contribution in [2.45, 2.75) is 12.4 Å². The topological polar surface area (TPSA) is 59.0 Å². The third-order valence-corrected chi connectivity index (χ3v) is 6.51. The molecule has 0 unspecified atom stereocenters. The largest absolute Gasteiger partial charge is 0.496 e. The molecule has 0 aliphatic rings. The predicted molar refractivity (Wildman–Crippen MR) is 146 cm³/mol. The summed E-state index contributed by atoms with van der Waals surface area (Å²) in [5, 5.41) is 9.05. The molecule has 1 N–H and O–H groups in total. The van der Waals surface area contributed by atoms with E-state index in [2.05, 4.69) is 0 Å². The van der Waals surface area contributed by atoms with Crippen LogP contribution in [-0.4, -0.2) is 24.7 Å². The molecule has 0 radical (unpaired) electrons. The van der Waals surface area contributed by atoms with E-state index in [1.165, 1.54) is 7.11 Å². The zero-order valence-electron chi connectivity index (χ0n) is 21.4. The van der Waals surface area contributed by atoms with Crippen LogP contribution in [0.4, 0.5) is 37.7 Å². The maximum Gasteiger partial charge on any atom is 0.416 e. The quantitative estimate of drug-likeness (QED) is 0.197. The van der Waals surface area contributed by atoms with Gasteiger partial charge in [0.15, 0.2) is 5.75 Å². The van der Waals surface area contributed by atoms with Gasteiger partial charge in [0, 0.05) is 16.9 Å². The van der Waals surface area contributed by atoms with Crippen molar-refractivity contribution < 1.29 is 45.7 Å². The molecule has 0 atom stereocenters. The molecule has 4 aromatic carbocycles. The highest BCUT2D eigenvalue weighted by Gasteiger charge is 2.37. The Bertz CT molecular complexity index is 1560. The van der Waals surface area contributed by atoms with E-state index in [-0.39, 0.29) is 33.3 Å². The zero-order valence-corrected chi connectivity index (χ0v) is 22.9. The lowest BCUT2D eigenvalue weighted by Gasteiger charge is -2.26. The van der Waals surface area contributed by atoms with Crippen molar-refractivity contribution in [3.8, 4) is 28.4 Å². The molecule has 0 heterocycles. The van der Waals surface area contributed by atoms with Crippen molar-refractivity contribution in [1.82, 2.24) is 0 Å². The number of hydrogen-bond donors (Lipinski definition) is 1. The lowest BCUT2D eigenvalue weighted by molar-refractivity contribution is -0.143. The van der Waals surface area contributed by atoms with Gasteiger partial charge < -0.3 is 19.5 Å². The van der Waals surface area contributed by atoms with Crippen molar-refractivity contribution in [2.24, 2.45) is 0 Å². The first kappa shape index (κ1) is 30.9. The Hall–Kier alpha value is -4.09. The number of benzene rings is 4. The van der Waals surface area contributed by atoms with E-state index in [4.69, 9.17) is 32.7 Å². The molecule has 4 rings (SSSR count). The van der Waals surface area contributed by atoms with Crippen LogP contribution in [0.5, 0.6) is 17.2 Å². The molecule has 0 amide bonds. The molecule has 42 heavy (non-hydrogen) atoms. The molecule has 220 valence electrons. The lowest BCUT2D eigenvalue weighted by Crippen LogP contribution is -2.26. The number of carboxylic acid groups (broad SMARTS) is 1. The van der Waals surface area contributed by atoms with Gasteiger partial charge in [-0.2, -0.15) is 26.3 Å². The van der Waals surface area contributed by atoms with Gasteiger partial charge in [-0.25, -0.2) is 0 Å². The van der Waals surface area contributed by atoms with Crippen LogP contribution in [0.2, 0.25) is 10.0 Å². The second kappa shape index (κ2) is 12.0.